The van der Waals surface area contributed by atoms with Gasteiger partial charge in [-0.15, -0.1) is 0 Å². The fourth-order valence-corrected chi connectivity index (χ4v) is 2.06. The Balaban J connectivity index is 2.34. The third kappa shape index (κ3) is 6.02. The van der Waals surface area contributed by atoms with Gasteiger partial charge in [-0.1, -0.05) is 0 Å². The molecule has 16 heavy (non-hydrogen) atoms. The summed E-state index contributed by atoms with van der Waals surface area (Å²) in [6, 6.07) is 0. The molecular weight excluding hydrogens is 266 g/mol. The van der Waals surface area contributed by atoms with Crippen molar-refractivity contribution in [2.24, 2.45) is 0 Å². The number of hydrogen-bond donors (Lipinski definition) is 4. The van der Waals surface area contributed by atoms with Gasteiger partial charge in [0.2, 0.25) is 0 Å². The molecule has 1 heterocycles. The molecule has 0 radical (unpaired) electrons. The van der Waals surface area contributed by atoms with Crippen molar-refractivity contribution in [2.75, 3.05) is 26.2 Å². The Hall–Kier alpha value is 0.140. The lowest BCUT2D eigenvalue weighted by Crippen LogP contribution is -2.45. The van der Waals surface area contributed by atoms with E-state index in [4.69, 9.17) is 19.6 Å². The van der Waals surface area contributed by atoms with Gasteiger partial charge >= 0.3 is 15.6 Å². The lowest BCUT2D eigenvalue weighted by Gasteiger charge is -2.32. The van der Waals surface area contributed by atoms with E-state index in [0.29, 0.717) is 0 Å². The molecule has 1 aliphatic heterocycles. The van der Waals surface area contributed by atoms with E-state index in [1.54, 1.807) is 0 Å². The number of hydroxylamine groups is 4. The Morgan fingerprint density at radius 2 is 1.00 bits per heavy atom. The average molecular weight is 278 g/mol. The van der Waals surface area contributed by atoms with Crippen molar-refractivity contribution in [3.8, 4) is 0 Å². The molecule has 96 valence electrons. The molecule has 0 bridgehead atoms. The van der Waals surface area contributed by atoms with Crippen LogP contribution in [0.2, 0.25) is 0 Å². The first kappa shape index (κ1) is 14.2. The van der Waals surface area contributed by atoms with Crippen LogP contribution in [0, 0.1) is 0 Å². The van der Waals surface area contributed by atoms with Gasteiger partial charge in [0.15, 0.2) is 0 Å². The molecule has 12 heteroatoms. The molecule has 4 N–H and O–H groups in total. The molecule has 1 fully saturated rings. The second-order valence-electron chi connectivity index (χ2n) is 3.00. The van der Waals surface area contributed by atoms with Crippen LogP contribution in [-0.2, 0) is 18.4 Å². The fourth-order valence-electron chi connectivity index (χ4n) is 1.13. The summed E-state index contributed by atoms with van der Waals surface area (Å²) in [6.45, 7) is 0.243. The first-order valence-electron chi connectivity index (χ1n) is 4.16. The predicted octanol–water partition coefficient (Wildman–Crippen LogP) is -1.35. The van der Waals surface area contributed by atoms with Gasteiger partial charge in [-0.3, -0.25) is 0 Å². The first-order valence-corrected chi connectivity index (χ1v) is 7.22. The second-order valence-corrected chi connectivity index (χ2v) is 5.29. The van der Waals surface area contributed by atoms with Crippen molar-refractivity contribution in [3.05, 3.63) is 0 Å². The second kappa shape index (κ2) is 5.19. The summed E-state index contributed by atoms with van der Waals surface area (Å²) in [4.78, 5) is 34.0. The lowest BCUT2D eigenvalue weighted by molar-refractivity contribution is -0.169. The molecule has 0 aliphatic carbocycles. The summed E-state index contributed by atoms with van der Waals surface area (Å²) in [5.74, 6) is 0. The minimum atomic E-state index is -4.58. The molecule has 0 aromatic rings. The van der Waals surface area contributed by atoms with Gasteiger partial charge in [0.05, 0.1) is 0 Å². The summed E-state index contributed by atoms with van der Waals surface area (Å²) in [7, 11) is -9.16. The summed E-state index contributed by atoms with van der Waals surface area (Å²) in [5.41, 5.74) is 0. The van der Waals surface area contributed by atoms with Crippen LogP contribution in [0.15, 0.2) is 0 Å². The summed E-state index contributed by atoms with van der Waals surface area (Å²) in [6.07, 6.45) is 0. The topological polar surface area (TPSA) is 140 Å². The van der Waals surface area contributed by atoms with E-state index in [1.165, 1.54) is 0 Å². The molecule has 1 rings (SSSR count). The molecule has 0 spiro atoms. The maximum atomic E-state index is 10.5. The quantitative estimate of drug-likeness (QED) is 0.456. The van der Waals surface area contributed by atoms with Gasteiger partial charge < -0.3 is 19.6 Å². The van der Waals surface area contributed by atoms with Crippen LogP contribution in [0.5, 0.6) is 0 Å². The highest BCUT2D eigenvalue weighted by atomic mass is 31.2. The van der Waals surface area contributed by atoms with Crippen LogP contribution in [0.4, 0.5) is 0 Å². The van der Waals surface area contributed by atoms with Crippen LogP contribution < -0.4 is 0 Å². The minimum absolute atomic E-state index is 0.0606. The van der Waals surface area contributed by atoms with Crippen LogP contribution in [0.1, 0.15) is 0 Å². The maximum absolute atomic E-state index is 10.5. The minimum Gasteiger partial charge on any atom is -0.302 e. The number of hydrogen-bond acceptors (Lipinski definition) is 6. The van der Waals surface area contributed by atoms with Gasteiger partial charge in [0.1, 0.15) is 0 Å². The van der Waals surface area contributed by atoms with E-state index in [-0.39, 0.29) is 26.2 Å². The Kier molecular flexibility index (Phi) is 4.61. The molecule has 0 unspecified atom stereocenters. The molecule has 0 aromatic carbocycles. The summed E-state index contributed by atoms with van der Waals surface area (Å²) in [5, 5.41) is 2.03. The molecule has 1 aliphatic rings. The number of rotatable bonds is 4. The number of piperazine rings is 1. The van der Waals surface area contributed by atoms with Crippen LogP contribution in [0.25, 0.3) is 0 Å². The Morgan fingerprint density at radius 1 is 0.750 bits per heavy atom. The SMILES string of the molecule is O=P(O)(O)ON1CCN(OP(=O)(O)O)CC1. The van der Waals surface area contributed by atoms with Gasteiger partial charge in [-0.25, -0.2) is 9.13 Å². The lowest BCUT2D eigenvalue weighted by atomic mass is 10.4. The molecule has 0 saturated carbocycles. The van der Waals surface area contributed by atoms with Crippen LogP contribution in [0.3, 0.4) is 0 Å². The highest BCUT2D eigenvalue weighted by Gasteiger charge is 2.28. The molecule has 10 nitrogen and oxygen atoms in total. The zero-order valence-corrected chi connectivity index (χ0v) is 9.83. The third-order valence-electron chi connectivity index (χ3n) is 1.64. The normalized spacial score (nSPS) is 21.2. The standard InChI is InChI=1S/C4H12N2O8P2/c7-15(8,9)13-5-1-2-6(4-3-5)14-16(10,11)12/h1-4H2,(H2,7,8,9)(H2,10,11,12). The van der Waals surface area contributed by atoms with Gasteiger partial charge in [-0.2, -0.15) is 19.4 Å². The van der Waals surface area contributed by atoms with Crippen molar-refractivity contribution in [1.29, 1.82) is 0 Å². The highest BCUT2D eigenvalue weighted by molar-refractivity contribution is 7.46. The average Bonchev–Trinajstić information content (AvgIpc) is 2.03. The maximum Gasteiger partial charge on any atom is 0.486 e. The summed E-state index contributed by atoms with van der Waals surface area (Å²) >= 11 is 0. The van der Waals surface area contributed by atoms with Crippen molar-refractivity contribution in [1.82, 2.24) is 10.1 Å². The van der Waals surface area contributed by atoms with E-state index in [0.717, 1.165) is 10.1 Å². The number of phosphoric acid groups is 2. The smallest absolute Gasteiger partial charge is 0.302 e. The molecular formula is C4H12N2O8P2. The monoisotopic (exact) mass is 278 g/mol. The van der Waals surface area contributed by atoms with Gasteiger partial charge in [-0.05, 0) is 0 Å². The van der Waals surface area contributed by atoms with E-state index in [1.807, 2.05) is 0 Å². The Morgan fingerprint density at radius 3 is 1.19 bits per heavy atom. The zero-order chi connectivity index (χ0) is 12.4. The van der Waals surface area contributed by atoms with E-state index < -0.39 is 15.6 Å². The van der Waals surface area contributed by atoms with Crippen molar-refractivity contribution in [3.63, 3.8) is 0 Å². The molecule has 1 saturated heterocycles. The van der Waals surface area contributed by atoms with E-state index in [9.17, 15) is 9.13 Å². The number of nitrogens with zero attached hydrogens (tertiary/aromatic N) is 2. The fraction of sp³-hybridized carbons (Fsp3) is 1.00. The van der Waals surface area contributed by atoms with Crippen LogP contribution >= 0.6 is 15.6 Å². The van der Waals surface area contributed by atoms with E-state index >= 15 is 0 Å². The molecule has 0 aromatic heterocycles. The molecule has 0 amide bonds. The van der Waals surface area contributed by atoms with Gasteiger partial charge in [0, 0.05) is 26.2 Å². The zero-order valence-electron chi connectivity index (χ0n) is 8.04. The van der Waals surface area contributed by atoms with E-state index in [2.05, 4.69) is 9.25 Å². The summed E-state index contributed by atoms with van der Waals surface area (Å²) < 4.78 is 29.5. The largest absolute Gasteiger partial charge is 0.486 e. The van der Waals surface area contributed by atoms with Crippen molar-refractivity contribution < 1.29 is 38.0 Å². The third-order valence-corrected chi connectivity index (χ3v) is 2.53. The Bertz CT molecular complexity index is 284. The molecule has 0 atom stereocenters. The highest BCUT2D eigenvalue weighted by Crippen LogP contribution is 2.39. The predicted molar refractivity (Wildman–Crippen MR) is 49.4 cm³/mol. The van der Waals surface area contributed by atoms with Crippen molar-refractivity contribution in [2.45, 2.75) is 0 Å². The Labute approximate surface area is 90.8 Å². The van der Waals surface area contributed by atoms with Gasteiger partial charge in [0.25, 0.3) is 0 Å². The van der Waals surface area contributed by atoms with Crippen molar-refractivity contribution >= 4 is 15.6 Å². The van der Waals surface area contributed by atoms with Crippen LogP contribution in [-0.4, -0.2) is 55.9 Å². The first-order chi connectivity index (χ1) is 7.16.